The molecule has 1 aromatic heterocycles. The predicted octanol–water partition coefficient (Wildman–Crippen LogP) is 3.77. The van der Waals surface area contributed by atoms with Gasteiger partial charge >= 0.3 is 0 Å². The second-order valence-corrected chi connectivity index (χ2v) is 5.52. The van der Waals surface area contributed by atoms with E-state index in [1.54, 1.807) is 12.4 Å². The van der Waals surface area contributed by atoms with Crippen LogP contribution in [0.1, 0.15) is 25.7 Å². The molecule has 0 spiro atoms. The number of hydrogen-bond donors (Lipinski definition) is 0. The number of rotatable bonds is 1. The normalized spacial score (nSPS) is 16.8. The molecule has 0 saturated carbocycles. The maximum absolute atomic E-state index is 4.42. The van der Waals surface area contributed by atoms with Crippen LogP contribution in [0, 0.1) is 0 Å². The molecular formula is C14H16BrN3. The SMILES string of the molecule is Brc1c(N2CCCCCC2)ccc2nccnc12. The van der Waals surface area contributed by atoms with Crippen LogP contribution < -0.4 is 4.90 Å². The highest BCUT2D eigenvalue weighted by atomic mass is 79.9. The van der Waals surface area contributed by atoms with Crippen LogP contribution in [0.15, 0.2) is 29.0 Å². The Balaban J connectivity index is 2.03. The lowest BCUT2D eigenvalue weighted by molar-refractivity contribution is 0.726. The fraction of sp³-hybridized carbons (Fsp3) is 0.429. The largest absolute Gasteiger partial charge is 0.371 e. The fourth-order valence-corrected chi connectivity index (χ4v) is 3.24. The number of anilines is 1. The maximum Gasteiger partial charge on any atom is 0.105 e. The van der Waals surface area contributed by atoms with Gasteiger partial charge in [-0.25, -0.2) is 0 Å². The Morgan fingerprint density at radius 2 is 1.67 bits per heavy atom. The summed E-state index contributed by atoms with van der Waals surface area (Å²) in [6, 6.07) is 4.22. The summed E-state index contributed by atoms with van der Waals surface area (Å²) in [5.41, 5.74) is 3.16. The Kier molecular flexibility index (Phi) is 3.46. The van der Waals surface area contributed by atoms with Crippen molar-refractivity contribution in [1.29, 1.82) is 0 Å². The smallest absolute Gasteiger partial charge is 0.105 e. The molecule has 1 aromatic carbocycles. The minimum atomic E-state index is 0.947. The molecule has 2 heterocycles. The summed E-state index contributed by atoms with van der Waals surface area (Å²) in [4.78, 5) is 11.2. The van der Waals surface area contributed by atoms with Crippen molar-refractivity contribution in [2.75, 3.05) is 18.0 Å². The van der Waals surface area contributed by atoms with Crippen molar-refractivity contribution in [2.24, 2.45) is 0 Å². The van der Waals surface area contributed by atoms with E-state index in [1.165, 1.54) is 31.4 Å². The van der Waals surface area contributed by atoms with E-state index >= 15 is 0 Å². The van der Waals surface area contributed by atoms with Gasteiger partial charge in [-0.15, -0.1) is 0 Å². The van der Waals surface area contributed by atoms with Gasteiger partial charge in [0.05, 0.1) is 15.7 Å². The Bertz CT molecular complexity index is 548. The van der Waals surface area contributed by atoms with Gasteiger partial charge in [-0.1, -0.05) is 12.8 Å². The van der Waals surface area contributed by atoms with Gasteiger partial charge in [-0.05, 0) is 40.9 Å². The standard InChI is InChI=1S/C14H16BrN3/c15-13-12(18-9-3-1-2-4-10-18)6-5-11-14(13)17-8-7-16-11/h5-8H,1-4,9-10H2. The lowest BCUT2D eigenvalue weighted by Gasteiger charge is -2.24. The molecule has 1 aliphatic heterocycles. The van der Waals surface area contributed by atoms with Crippen LogP contribution in [0.25, 0.3) is 11.0 Å². The summed E-state index contributed by atoms with van der Waals surface area (Å²) in [6.45, 7) is 2.29. The van der Waals surface area contributed by atoms with Crippen LogP contribution in [0.2, 0.25) is 0 Å². The first kappa shape index (κ1) is 11.9. The lowest BCUT2D eigenvalue weighted by Crippen LogP contribution is -2.24. The molecule has 3 rings (SSSR count). The van der Waals surface area contributed by atoms with Crippen molar-refractivity contribution in [1.82, 2.24) is 9.97 Å². The minimum Gasteiger partial charge on any atom is -0.371 e. The molecule has 2 aromatic rings. The van der Waals surface area contributed by atoms with Crippen LogP contribution in [0.4, 0.5) is 5.69 Å². The summed E-state index contributed by atoms with van der Waals surface area (Å²) in [6.07, 6.45) is 8.75. The second kappa shape index (κ2) is 5.22. The Morgan fingerprint density at radius 1 is 0.944 bits per heavy atom. The topological polar surface area (TPSA) is 29.0 Å². The summed E-state index contributed by atoms with van der Waals surface area (Å²) < 4.78 is 1.08. The molecule has 0 bridgehead atoms. The van der Waals surface area contributed by atoms with Gasteiger partial charge in [0.15, 0.2) is 0 Å². The van der Waals surface area contributed by atoms with Crippen molar-refractivity contribution in [3.8, 4) is 0 Å². The first-order valence-corrected chi connectivity index (χ1v) is 7.30. The first-order chi connectivity index (χ1) is 8.86. The van der Waals surface area contributed by atoms with E-state index in [2.05, 4.69) is 42.9 Å². The molecule has 0 atom stereocenters. The average Bonchev–Trinajstić information content (AvgIpc) is 2.68. The highest BCUT2D eigenvalue weighted by molar-refractivity contribution is 9.10. The summed E-state index contributed by atoms with van der Waals surface area (Å²) in [5, 5.41) is 0. The highest BCUT2D eigenvalue weighted by Gasteiger charge is 2.15. The summed E-state index contributed by atoms with van der Waals surface area (Å²) in [7, 11) is 0. The molecule has 94 valence electrons. The Labute approximate surface area is 115 Å². The third-order valence-corrected chi connectivity index (χ3v) is 4.29. The zero-order valence-electron chi connectivity index (χ0n) is 10.3. The van der Waals surface area contributed by atoms with E-state index in [0.717, 1.165) is 28.6 Å². The van der Waals surface area contributed by atoms with Crippen molar-refractivity contribution >= 4 is 32.7 Å². The van der Waals surface area contributed by atoms with Crippen LogP contribution >= 0.6 is 15.9 Å². The van der Waals surface area contributed by atoms with E-state index in [0.29, 0.717) is 0 Å². The quantitative estimate of drug-likeness (QED) is 0.803. The van der Waals surface area contributed by atoms with Crippen molar-refractivity contribution < 1.29 is 0 Å². The molecule has 18 heavy (non-hydrogen) atoms. The van der Waals surface area contributed by atoms with Gasteiger partial charge in [-0.2, -0.15) is 0 Å². The van der Waals surface area contributed by atoms with Crippen LogP contribution in [-0.4, -0.2) is 23.1 Å². The van der Waals surface area contributed by atoms with Crippen LogP contribution in [-0.2, 0) is 0 Å². The average molecular weight is 306 g/mol. The highest BCUT2D eigenvalue weighted by Crippen LogP contribution is 2.33. The van der Waals surface area contributed by atoms with E-state index in [4.69, 9.17) is 0 Å². The van der Waals surface area contributed by atoms with Gasteiger partial charge in [0.25, 0.3) is 0 Å². The van der Waals surface area contributed by atoms with E-state index in [9.17, 15) is 0 Å². The number of fused-ring (bicyclic) bond motifs is 1. The zero-order valence-corrected chi connectivity index (χ0v) is 11.9. The molecule has 3 nitrogen and oxygen atoms in total. The molecule has 1 fully saturated rings. The zero-order chi connectivity index (χ0) is 12.4. The number of hydrogen-bond acceptors (Lipinski definition) is 3. The van der Waals surface area contributed by atoms with E-state index < -0.39 is 0 Å². The molecule has 0 amide bonds. The van der Waals surface area contributed by atoms with Gasteiger partial charge in [-0.3, -0.25) is 9.97 Å². The van der Waals surface area contributed by atoms with Gasteiger partial charge in [0.1, 0.15) is 5.52 Å². The van der Waals surface area contributed by atoms with Gasteiger partial charge in [0, 0.05) is 25.5 Å². The minimum absolute atomic E-state index is 0.947. The maximum atomic E-state index is 4.42. The molecule has 0 unspecified atom stereocenters. The Morgan fingerprint density at radius 3 is 2.44 bits per heavy atom. The molecular weight excluding hydrogens is 290 g/mol. The molecule has 1 saturated heterocycles. The Hall–Kier alpha value is -1.16. The van der Waals surface area contributed by atoms with Gasteiger partial charge in [0.2, 0.25) is 0 Å². The van der Waals surface area contributed by atoms with Crippen molar-refractivity contribution in [3.05, 3.63) is 29.0 Å². The summed E-state index contributed by atoms with van der Waals surface area (Å²) >= 11 is 3.70. The predicted molar refractivity (Wildman–Crippen MR) is 77.9 cm³/mol. The molecule has 0 aliphatic carbocycles. The molecule has 0 N–H and O–H groups in total. The molecule has 4 heteroatoms. The molecule has 1 aliphatic rings. The number of halogens is 1. The number of aromatic nitrogens is 2. The third-order valence-electron chi connectivity index (χ3n) is 3.51. The van der Waals surface area contributed by atoms with Crippen molar-refractivity contribution in [2.45, 2.75) is 25.7 Å². The van der Waals surface area contributed by atoms with Crippen molar-refractivity contribution in [3.63, 3.8) is 0 Å². The van der Waals surface area contributed by atoms with Crippen LogP contribution in [0.5, 0.6) is 0 Å². The van der Waals surface area contributed by atoms with Crippen LogP contribution in [0.3, 0.4) is 0 Å². The fourth-order valence-electron chi connectivity index (χ4n) is 2.55. The third kappa shape index (κ3) is 2.21. The number of benzene rings is 1. The molecule has 0 radical (unpaired) electrons. The number of nitrogens with zero attached hydrogens (tertiary/aromatic N) is 3. The second-order valence-electron chi connectivity index (χ2n) is 4.72. The van der Waals surface area contributed by atoms with E-state index in [1.807, 2.05) is 0 Å². The van der Waals surface area contributed by atoms with E-state index in [-0.39, 0.29) is 0 Å². The monoisotopic (exact) mass is 305 g/mol. The van der Waals surface area contributed by atoms with Gasteiger partial charge < -0.3 is 4.90 Å². The first-order valence-electron chi connectivity index (χ1n) is 6.50. The lowest BCUT2D eigenvalue weighted by atomic mass is 10.2. The summed E-state index contributed by atoms with van der Waals surface area (Å²) in [5.74, 6) is 0.